The first-order valence-corrected chi connectivity index (χ1v) is 9.88. The highest BCUT2D eigenvalue weighted by atomic mass is 16.7. The van der Waals surface area contributed by atoms with Gasteiger partial charge in [-0.05, 0) is 30.7 Å². The van der Waals surface area contributed by atoms with Crippen LogP contribution in [0.3, 0.4) is 0 Å². The van der Waals surface area contributed by atoms with Crippen molar-refractivity contribution in [1.29, 1.82) is 0 Å². The van der Waals surface area contributed by atoms with Crippen LogP contribution in [0.5, 0.6) is 5.75 Å². The van der Waals surface area contributed by atoms with Gasteiger partial charge in [0.25, 0.3) is 0 Å². The van der Waals surface area contributed by atoms with Crippen molar-refractivity contribution in [3.05, 3.63) is 42.6 Å². The third kappa shape index (κ3) is 4.80. The average molecular weight is 406 g/mol. The summed E-state index contributed by atoms with van der Waals surface area (Å²) < 4.78 is 11.1. The third-order valence-electron chi connectivity index (χ3n) is 5.37. The summed E-state index contributed by atoms with van der Waals surface area (Å²) in [6.07, 6.45) is -1.74. The Balaban J connectivity index is 1.70. The summed E-state index contributed by atoms with van der Waals surface area (Å²) in [5.74, 6) is 0.442. The van der Waals surface area contributed by atoms with Crippen molar-refractivity contribution < 1.29 is 29.9 Å². The number of aliphatic hydroxyl groups excluding tert-OH is 4. The standard InChI is InChI=1S/C21H30N2O6/c1-3-8-23(4-2)9-7-13-11-22-16-10-14(5-6-15(13)16)28-21-20(27)19(26)18(25)17(12-24)29-21/h3,5-6,10-11,17-22,24-27H,1,4,7-9,12H2,2H3. The summed E-state index contributed by atoms with van der Waals surface area (Å²) in [5.41, 5.74) is 2.08. The zero-order chi connectivity index (χ0) is 21.0. The van der Waals surface area contributed by atoms with Crippen molar-refractivity contribution in [1.82, 2.24) is 9.88 Å². The number of hydrogen-bond donors (Lipinski definition) is 5. The molecule has 0 radical (unpaired) electrons. The van der Waals surface area contributed by atoms with Crippen LogP contribution >= 0.6 is 0 Å². The van der Waals surface area contributed by atoms with Gasteiger partial charge in [0.15, 0.2) is 0 Å². The normalized spacial score (nSPS) is 27.4. The molecule has 0 saturated carbocycles. The van der Waals surface area contributed by atoms with Crippen LogP contribution in [0.2, 0.25) is 0 Å². The largest absolute Gasteiger partial charge is 0.462 e. The fourth-order valence-corrected chi connectivity index (χ4v) is 3.58. The number of aliphatic hydroxyl groups is 4. The van der Waals surface area contributed by atoms with E-state index in [1.54, 1.807) is 12.1 Å². The predicted octanol–water partition coefficient (Wildman–Crippen LogP) is 0.397. The van der Waals surface area contributed by atoms with Gasteiger partial charge in [-0.15, -0.1) is 6.58 Å². The van der Waals surface area contributed by atoms with Gasteiger partial charge in [0.1, 0.15) is 30.2 Å². The van der Waals surface area contributed by atoms with Crippen LogP contribution in [0.25, 0.3) is 10.9 Å². The Bertz CT molecular complexity index is 808. The zero-order valence-corrected chi connectivity index (χ0v) is 16.6. The molecule has 3 rings (SSSR count). The van der Waals surface area contributed by atoms with Crippen LogP contribution < -0.4 is 4.74 Å². The van der Waals surface area contributed by atoms with E-state index >= 15 is 0 Å². The molecular formula is C21H30N2O6. The number of likely N-dealkylation sites (N-methyl/N-ethyl adjacent to an activating group) is 1. The smallest absolute Gasteiger partial charge is 0.229 e. The highest BCUT2D eigenvalue weighted by Crippen LogP contribution is 2.28. The van der Waals surface area contributed by atoms with Gasteiger partial charge in [0.05, 0.1) is 6.61 Å². The second kappa shape index (κ2) is 9.71. The number of aromatic amines is 1. The molecule has 0 amide bonds. The molecule has 1 aromatic carbocycles. The number of ether oxygens (including phenoxy) is 2. The number of nitrogens with zero attached hydrogens (tertiary/aromatic N) is 1. The van der Waals surface area contributed by atoms with Gasteiger partial charge in [-0.2, -0.15) is 0 Å². The number of H-pyrrole nitrogens is 1. The van der Waals surface area contributed by atoms with E-state index in [2.05, 4.69) is 23.4 Å². The molecule has 1 aromatic heterocycles. The highest BCUT2D eigenvalue weighted by molar-refractivity contribution is 5.84. The number of fused-ring (bicyclic) bond motifs is 1. The molecule has 1 saturated heterocycles. The highest BCUT2D eigenvalue weighted by Gasteiger charge is 2.44. The lowest BCUT2D eigenvalue weighted by atomic mass is 9.99. The lowest BCUT2D eigenvalue weighted by Gasteiger charge is -2.39. The first-order chi connectivity index (χ1) is 14.0. The summed E-state index contributed by atoms with van der Waals surface area (Å²) in [6, 6.07) is 5.49. The molecule has 8 nitrogen and oxygen atoms in total. The molecule has 1 aliphatic rings. The van der Waals surface area contributed by atoms with Crippen LogP contribution in [0.15, 0.2) is 37.1 Å². The second-order valence-electron chi connectivity index (χ2n) is 7.27. The number of benzene rings is 1. The predicted molar refractivity (Wildman–Crippen MR) is 109 cm³/mol. The molecule has 160 valence electrons. The van der Waals surface area contributed by atoms with E-state index < -0.39 is 37.3 Å². The van der Waals surface area contributed by atoms with Crippen molar-refractivity contribution in [2.45, 2.75) is 44.1 Å². The maximum absolute atomic E-state index is 10.1. The molecule has 0 bridgehead atoms. The summed E-state index contributed by atoms with van der Waals surface area (Å²) in [5, 5.41) is 40.3. The zero-order valence-electron chi connectivity index (χ0n) is 16.6. The number of rotatable bonds is 9. The van der Waals surface area contributed by atoms with Crippen LogP contribution in [0.4, 0.5) is 0 Å². The van der Waals surface area contributed by atoms with Crippen LogP contribution in [0.1, 0.15) is 12.5 Å². The first-order valence-electron chi connectivity index (χ1n) is 9.88. The molecule has 1 aliphatic heterocycles. The van der Waals surface area contributed by atoms with Crippen molar-refractivity contribution in [3.63, 3.8) is 0 Å². The summed E-state index contributed by atoms with van der Waals surface area (Å²) >= 11 is 0. The number of nitrogens with one attached hydrogen (secondary N) is 1. The quantitative estimate of drug-likeness (QED) is 0.383. The van der Waals surface area contributed by atoms with E-state index in [-0.39, 0.29) is 0 Å². The van der Waals surface area contributed by atoms with Gasteiger partial charge in [-0.3, -0.25) is 4.90 Å². The summed E-state index contributed by atoms with van der Waals surface area (Å²) in [6.45, 7) is 8.17. The minimum absolute atomic E-state index is 0.442. The van der Waals surface area contributed by atoms with E-state index in [0.717, 1.165) is 37.0 Å². The van der Waals surface area contributed by atoms with Gasteiger partial charge >= 0.3 is 0 Å². The second-order valence-corrected chi connectivity index (χ2v) is 7.27. The topological polar surface area (TPSA) is 118 Å². The fraction of sp³-hybridized carbons (Fsp3) is 0.524. The molecule has 8 heteroatoms. The SMILES string of the molecule is C=CCN(CC)CCc1c[nH]c2cc(OC3OC(CO)C(O)C(O)C3O)ccc12. The Morgan fingerprint density at radius 3 is 2.72 bits per heavy atom. The van der Waals surface area contributed by atoms with Gasteiger partial charge in [-0.25, -0.2) is 0 Å². The fourth-order valence-electron chi connectivity index (χ4n) is 3.58. The Hall–Kier alpha value is -1.94. The molecule has 5 unspecified atom stereocenters. The van der Waals surface area contributed by atoms with Crippen molar-refractivity contribution >= 4 is 10.9 Å². The molecular weight excluding hydrogens is 376 g/mol. The first kappa shape index (κ1) is 21.8. The molecule has 5 N–H and O–H groups in total. The van der Waals surface area contributed by atoms with Gasteiger partial charge in [0.2, 0.25) is 6.29 Å². The molecule has 2 heterocycles. The Morgan fingerprint density at radius 1 is 1.24 bits per heavy atom. The van der Waals surface area contributed by atoms with Gasteiger partial charge in [-0.1, -0.05) is 13.0 Å². The lowest BCUT2D eigenvalue weighted by Crippen LogP contribution is -2.60. The summed E-state index contributed by atoms with van der Waals surface area (Å²) in [7, 11) is 0. The monoisotopic (exact) mass is 406 g/mol. The van der Waals surface area contributed by atoms with Gasteiger partial charge in [0, 0.05) is 36.3 Å². The number of hydrogen-bond acceptors (Lipinski definition) is 7. The molecule has 0 aliphatic carbocycles. The summed E-state index contributed by atoms with van der Waals surface area (Å²) in [4.78, 5) is 5.54. The Kier molecular flexibility index (Phi) is 7.28. The third-order valence-corrected chi connectivity index (χ3v) is 5.37. The van der Waals surface area contributed by atoms with E-state index in [4.69, 9.17) is 9.47 Å². The molecule has 5 atom stereocenters. The van der Waals surface area contributed by atoms with E-state index in [0.29, 0.717) is 5.75 Å². The van der Waals surface area contributed by atoms with Crippen LogP contribution in [0, 0.1) is 0 Å². The maximum Gasteiger partial charge on any atom is 0.229 e. The minimum atomic E-state index is -1.47. The average Bonchev–Trinajstić information content (AvgIpc) is 3.13. The molecule has 1 fully saturated rings. The lowest BCUT2D eigenvalue weighted by molar-refractivity contribution is -0.277. The maximum atomic E-state index is 10.1. The van der Waals surface area contributed by atoms with E-state index in [1.165, 1.54) is 5.56 Å². The van der Waals surface area contributed by atoms with Crippen molar-refractivity contribution in [3.8, 4) is 5.75 Å². The molecule has 29 heavy (non-hydrogen) atoms. The van der Waals surface area contributed by atoms with Gasteiger partial charge < -0.3 is 34.9 Å². The Morgan fingerprint density at radius 2 is 2.03 bits per heavy atom. The van der Waals surface area contributed by atoms with E-state index in [9.17, 15) is 20.4 Å². The Labute approximate surface area is 170 Å². The molecule has 0 spiro atoms. The van der Waals surface area contributed by atoms with Crippen LogP contribution in [-0.4, -0.2) is 87.3 Å². The van der Waals surface area contributed by atoms with E-state index in [1.807, 2.05) is 18.3 Å². The number of aromatic nitrogens is 1. The minimum Gasteiger partial charge on any atom is -0.462 e. The van der Waals surface area contributed by atoms with Crippen molar-refractivity contribution in [2.75, 3.05) is 26.2 Å². The molecule has 2 aromatic rings. The van der Waals surface area contributed by atoms with Crippen LogP contribution in [-0.2, 0) is 11.2 Å². The van der Waals surface area contributed by atoms with Crippen molar-refractivity contribution in [2.24, 2.45) is 0 Å².